The normalized spacial score (nSPS) is 19.5. The Kier molecular flexibility index (Phi) is 7.88. The smallest absolute Gasteiger partial charge is 0.198 e. The van der Waals surface area contributed by atoms with Gasteiger partial charge in [0, 0.05) is 32.5 Å². The summed E-state index contributed by atoms with van der Waals surface area (Å²) >= 11 is 8.90. The Morgan fingerprint density at radius 2 is 1.37 bits per heavy atom. The third-order valence-electron chi connectivity index (χ3n) is 8.25. The molecule has 2 heterocycles. The predicted molar refractivity (Wildman–Crippen MR) is 179 cm³/mol. The SMILES string of the molecule is C[N+]1=C(/C=C/C2=C(Cl)C(=C/C=C3C=C(c4ccccc4)SC(c4ccccc4)=C3)/CCC2)C(C)(C)c2ccccc21. The maximum absolute atomic E-state index is 7.07. The Bertz CT molecular complexity index is 1640. The molecule has 3 aromatic carbocycles. The maximum atomic E-state index is 7.07. The van der Waals surface area contributed by atoms with E-state index in [-0.39, 0.29) is 5.41 Å². The molecule has 0 aromatic heterocycles. The molecule has 204 valence electrons. The second-order valence-electron chi connectivity index (χ2n) is 11.3. The molecule has 0 atom stereocenters. The first-order chi connectivity index (χ1) is 19.9. The van der Waals surface area contributed by atoms with Crippen LogP contribution in [0.3, 0.4) is 0 Å². The fourth-order valence-electron chi connectivity index (χ4n) is 5.99. The minimum absolute atomic E-state index is 0.0444. The van der Waals surface area contributed by atoms with E-state index in [1.165, 1.54) is 54.6 Å². The van der Waals surface area contributed by atoms with Gasteiger partial charge < -0.3 is 0 Å². The molecule has 0 saturated carbocycles. The molecule has 2 aliphatic heterocycles. The molecule has 3 aromatic rings. The van der Waals surface area contributed by atoms with Gasteiger partial charge in [0.15, 0.2) is 5.71 Å². The molecule has 0 unspecified atom stereocenters. The van der Waals surface area contributed by atoms with Gasteiger partial charge in [-0.15, -0.1) is 0 Å². The van der Waals surface area contributed by atoms with Crippen LogP contribution in [-0.2, 0) is 5.41 Å². The summed E-state index contributed by atoms with van der Waals surface area (Å²) in [5.41, 5.74) is 9.99. The fraction of sp³-hybridized carbons (Fsp3) is 0.184. The molecule has 6 rings (SSSR count). The number of rotatable bonds is 5. The Morgan fingerprint density at radius 1 is 0.756 bits per heavy atom. The van der Waals surface area contributed by atoms with Crippen molar-refractivity contribution in [3.05, 3.63) is 160 Å². The first kappa shape index (κ1) is 27.6. The van der Waals surface area contributed by atoms with Gasteiger partial charge in [-0.05, 0) is 73.1 Å². The van der Waals surface area contributed by atoms with Crippen molar-refractivity contribution in [2.45, 2.75) is 38.5 Å². The topological polar surface area (TPSA) is 3.01 Å². The van der Waals surface area contributed by atoms with Gasteiger partial charge in [0.05, 0.1) is 5.41 Å². The average Bonchev–Trinajstić information content (AvgIpc) is 3.21. The minimum atomic E-state index is -0.0444. The largest absolute Gasteiger partial charge is 0.209 e. The molecule has 0 radical (unpaired) electrons. The number of benzene rings is 3. The van der Waals surface area contributed by atoms with Gasteiger partial charge in [0.1, 0.15) is 7.05 Å². The quantitative estimate of drug-likeness (QED) is 0.275. The van der Waals surface area contributed by atoms with Crippen LogP contribution in [0.15, 0.2) is 143 Å². The molecule has 0 N–H and O–H groups in total. The van der Waals surface area contributed by atoms with Crippen LogP contribution >= 0.6 is 23.4 Å². The second-order valence-corrected chi connectivity index (χ2v) is 12.8. The van der Waals surface area contributed by atoms with Crippen LogP contribution < -0.4 is 0 Å². The number of para-hydroxylation sites is 1. The molecule has 3 heteroatoms. The molecule has 0 fully saturated rings. The molecule has 0 bridgehead atoms. The summed E-state index contributed by atoms with van der Waals surface area (Å²) in [7, 11) is 2.17. The molecule has 1 nitrogen and oxygen atoms in total. The summed E-state index contributed by atoms with van der Waals surface area (Å²) in [4.78, 5) is 2.51. The highest BCUT2D eigenvalue weighted by atomic mass is 35.5. The zero-order valence-corrected chi connectivity index (χ0v) is 25.5. The lowest BCUT2D eigenvalue weighted by Crippen LogP contribution is -2.26. The van der Waals surface area contributed by atoms with Crippen LogP contribution in [0.2, 0.25) is 0 Å². The van der Waals surface area contributed by atoms with E-state index < -0.39 is 0 Å². The summed E-state index contributed by atoms with van der Waals surface area (Å²) in [6.45, 7) is 4.61. The molecule has 3 aliphatic rings. The number of hydrogen-bond donors (Lipinski definition) is 0. The number of thioether (sulfide) groups is 1. The van der Waals surface area contributed by atoms with Gasteiger partial charge in [-0.25, -0.2) is 0 Å². The number of halogens is 1. The highest BCUT2D eigenvalue weighted by Gasteiger charge is 2.42. The van der Waals surface area contributed by atoms with Crippen molar-refractivity contribution in [1.82, 2.24) is 0 Å². The van der Waals surface area contributed by atoms with Gasteiger partial charge in [0.25, 0.3) is 0 Å². The summed E-state index contributed by atoms with van der Waals surface area (Å²) in [6, 6.07) is 30.0. The van der Waals surface area contributed by atoms with E-state index >= 15 is 0 Å². The summed E-state index contributed by atoms with van der Waals surface area (Å²) in [6.07, 6.45) is 16.7. The highest BCUT2D eigenvalue weighted by molar-refractivity contribution is 8.16. The first-order valence-corrected chi connectivity index (χ1v) is 15.5. The predicted octanol–water partition coefficient (Wildman–Crippen LogP) is 10.6. The van der Waals surface area contributed by atoms with Crippen molar-refractivity contribution in [3.8, 4) is 0 Å². The molecule has 41 heavy (non-hydrogen) atoms. The molecule has 1 aliphatic carbocycles. The van der Waals surface area contributed by atoms with Crippen molar-refractivity contribution in [2.24, 2.45) is 0 Å². The van der Waals surface area contributed by atoms with Crippen LogP contribution in [0.4, 0.5) is 5.69 Å². The van der Waals surface area contributed by atoms with Gasteiger partial charge in [-0.1, -0.05) is 120 Å². The van der Waals surface area contributed by atoms with E-state index in [1.54, 1.807) is 0 Å². The van der Waals surface area contributed by atoms with Crippen LogP contribution in [0.1, 0.15) is 49.8 Å². The highest BCUT2D eigenvalue weighted by Crippen LogP contribution is 2.44. The molecule has 0 spiro atoms. The number of allylic oxidation sites excluding steroid dienone is 10. The lowest BCUT2D eigenvalue weighted by Gasteiger charge is -2.19. The minimum Gasteiger partial charge on any atom is -0.198 e. The van der Waals surface area contributed by atoms with E-state index in [0.29, 0.717) is 0 Å². The Hall–Kier alpha value is -3.59. The third-order valence-corrected chi connectivity index (χ3v) is 9.88. The number of hydrogen-bond acceptors (Lipinski definition) is 1. The van der Waals surface area contributed by atoms with E-state index in [1.807, 2.05) is 11.8 Å². The van der Waals surface area contributed by atoms with Crippen molar-refractivity contribution in [2.75, 3.05) is 7.05 Å². The fourth-order valence-corrected chi connectivity index (χ4v) is 7.44. The standard InChI is InChI=1S/C38H35ClNS/c1-38(2)32-19-10-11-20-33(32)40(3)36(38)24-23-31-18-12-17-30(37(31)39)22-21-27-25-34(28-13-6-4-7-14-28)41-35(26-27)29-15-8-5-9-16-29/h4-11,13-16,19-26H,12,17-18H2,1-3H3/q+1/b24-23+,30-22+. The first-order valence-electron chi connectivity index (χ1n) is 14.3. The van der Waals surface area contributed by atoms with Gasteiger partial charge in [-0.3, -0.25) is 0 Å². The van der Waals surface area contributed by atoms with Crippen molar-refractivity contribution in [3.63, 3.8) is 0 Å². The molecule has 0 saturated heterocycles. The summed E-state index contributed by atoms with van der Waals surface area (Å²) < 4.78 is 2.32. The zero-order valence-electron chi connectivity index (χ0n) is 23.9. The van der Waals surface area contributed by atoms with Gasteiger partial charge in [-0.2, -0.15) is 4.58 Å². The Morgan fingerprint density at radius 3 is 2.00 bits per heavy atom. The van der Waals surface area contributed by atoms with Crippen molar-refractivity contribution < 1.29 is 4.58 Å². The molecule has 0 amide bonds. The van der Waals surface area contributed by atoms with Crippen LogP contribution in [0.5, 0.6) is 0 Å². The molecular weight excluding hydrogens is 538 g/mol. The summed E-state index contributed by atoms with van der Waals surface area (Å²) in [5, 5.41) is 0.894. The average molecular weight is 573 g/mol. The monoisotopic (exact) mass is 572 g/mol. The van der Waals surface area contributed by atoms with E-state index in [0.717, 1.165) is 24.3 Å². The number of fused-ring (bicyclic) bond motifs is 1. The Labute approximate surface area is 253 Å². The van der Waals surface area contributed by atoms with Crippen molar-refractivity contribution >= 4 is 44.6 Å². The van der Waals surface area contributed by atoms with Gasteiger partial charge >= 0.3 is 0 Å². The summed E-state index contributed by atoms with van der Waals surface area (Å²) in [5.74, 6) is 0. The number of nitrogens with zero attached hydrogens (tertiary/aromatic N) is 1. The second kappa shape index (κ2) is 11.7. The van der Waals surface area contributed by atoms with E-state index in [9.17, 15) is 0 Å². The van der Waals surface area contributed by atoms with Crippen LogP contribution in [0.25, 0.3) is 9.81 Å². The zero-order chi connectivity index (χ0) is 28.4. The maximum Gasteiger partial charge on any atom is 0.209 e. The van der Waals surface area contributed by atoms with Gasteiger partial charge in [0.2, 0.25) is 5.69 Å². The van der Waals surface area contributed by atoms with E-state index in [2.05, 4.69) is 147 Å². The third kappa shape index (κ3) is 5.64. The lowest BCUT2D eigenvalue weighted by atomic mass is 9.81. The van der Waals surface area contributed by atoms with E-state index in [4.69, 9.17) is 11.6 Å². The lowest BCUT2D eigenvalue weighted by molar-refractivity contribution is -0.401. The van der Waals surface area contributed by atoms with Crippen LogP contribution in [-0.4, -0.2) is 17.3 Å². The van der Waals surface area contributed by atoms with Crippen molar-refractivity contribution in [1.29, 1.82) is 0 Å². The van der Waals surface area contributed by atoms with Crippen LogP contribution in [0, 0.1) is 0 Å². The molecular formula is C38H35ClNS+. The Balaban J connectivity index is 1.32.